The van der Waals surface area contributed by atoms with Crippen molar-refractivity contribution in [1.29, 1.82) is 0 Å². The number of methoxy groups -OCH3 is 1. The Kier molecular flexibility index (Phi) is 3.82. The monoisotopic (exact) mass is 227 g/mol. The molecule has 0 heterocycles. The summed E-state index contributed by atoms with van der Waals surface area (Å²) in [5.41, 5.74) is 0. The third kappa shape index (κ3) is 2.74. The number of aliphatic carboxylic acids is 1. The van der Waals surface area contributed by atoms with Crippen molar-refractivity contribution in [2.45, 2.75) is 56.7 Å². The molecule has 0 radical (unpaired) electrons. The van der Waals surface area contributed by atoms with Crippen LogP contribution in [0.5, 0.6) is 0 Å². The number of carbonyl (C=O) groups is 1. The van der Waals surface area contributed by atoms with Gasteiger partial charge in [-0.15, -0.1) is 0 Å². The minimum atomic E-state index is -0.706. The summed E-state index contributed by atoms with van der Waals surface area (Å²) in [6.45, 7) is 0. The van der Waals surface area contributed by atoms with Crippen LogP contribution in [-0.2, 0) is 9.53 Å². The van der Waals surface area contributed by atoms with Crippen molar-refractivity contribution in [3.8, 4) is 0 Å². The lowest BCUT2D eigenvalue weighted by Gasteiger charge is -2.33. The van der Waals surface area contributed by atoms with Gasteiger partial charge >= 0.3 is 5.97 Å². The number of hydrogen-bond donors (Lipinski definition) is 2. The summed E-state index contributed by atoms with van der Waals surface area (Å²) in [7, 11) is 1.72. The average Bonchev–Trinajstić information content (AvgIpc) is 3.10. The van der Waals surface area contributed by atoms with E-state index in [1.54, 1.807) is 7.11 Å². The summed E-state index contributed by atoms with van der Waals surface area (Å²) >= 11 is 0. The van der Waals surface area contributed by atoms with Crippen molar-refractivity contribution in [3.05, 3.63) is 0 Å². The van der Waals surface area contributed by atoms with Gasteiger partial charge in [-0.3, -0.25) is 10.1 Å². The quantitative estimate of drug-likeness (QED) is 0.745. The molecule has 0 aromatic rings. The number of rotatable bonds is 5. The highest BCUT2D eigenvalue weighted by atomic mass is 16.5. The van der Waals surface area contributed by atoms with Crippen LogP contribution in [0, 0.1) is 5.92 Å². The van der Waals surface area contributed by atoms with Gasteiger partial charge in [0, 0.05) is 13.2 Å². The molecule has 4 nitrogen and oxygen atoms in total. The third-order valence-corrected chi connectivity index (χ3v) is 3.76. The molecule has 0 saturated heterocycles. The molecule has 0 aromatic heterocycles. The van der Waals surface area contributed by atoms with Gasteiger partial charge in [0.05, 0.1) is 6.10 Å². The third-order valence-electron chi connectivity index (χ3n) is 3.76. The zero-order valence-corrected chi connectivity index (χ0v) is 9.82. The molecule has 4 heteroatoms. The fourth-order valence-electron chi connectivity index (χ4n) is 2.64. The molecule has 0 bridgehead atoms. The van der Waals surface area contributed by atoms with Crippen molar-refractivity contribution in [2.24, 2.45) is 5.92 Å². The van der Waals surface area contributed by atoms with Crippen LogP contribution in [0.25, 0.3) is 0 Å². The van der Waals surface area contributed by atoms with Gasteiger partial charge in [-0.2, -0.15) is 0 Å². The van der Waals surface area contributed by atoms with Crippen LogP contribution in [0.4, 0.5) is 0 Å². The highest BCUT2D eigenvalue weighted by molar-refractivity contribution is 5.74. The minimum Gasteiger partial charge on any atom is -0.480 e. The zero-order chi connectivity index (χ0) is 11.5. The Balaban J connectivity index is 1.92. The first-order valence-corrected chi connectivity index (χ1v) is 6.24. The van der Waals surface area contributed by atoms with Gasteiger partial charge in [-0.25, -0.2) is 0 Å². The molecule has 2 aliphatic carbocycles. The van der Waals surface area contributed by atoms with E-state index in [0.29, 0.717) is 5.92 Å². The van der Waals surface area contributed by atoms with Gasteiger partial charge in [0.1, 0.15) is 6.04 Å². The zero-order valence-electron chi connectivity index (χ0n) is 9.82. The van der Waals surface area contributed by atoms with Crippen LogP contribution in [0.2, 0.25) is 0 Å². The molecular formula is C12H21NO3. The highest BCUT2D eigenvalue weighted by Crippen LogP contribution is 2.34. The van der Waals surface area contributed by atoms with Gasteiger partial charge in [-0.1, -0.05) is 12.8 Å². The van der Waals surface area contributed by atoms with E-state index >= 15 is 0 Å². The van der Waals surface area contributed by atoms with Gasteiger partial charge in [0.25, 0.3) is 0 Å². The Morgan fingerprint density at radius 1 is 1.31 bits per heavy atom. The molecule has 2 saturated carbocycles. The molecule has 16 heavy (non-hydrogen) atoms. The molecule has 2 rings (SSSR count). The van der Waals surface area contributed by atoms with Crippen LogP contribution < -0.4 is 5.32 Å². The van der Waals surface area contributed by atoms with Crippen molar-refractivity contribution >= 4 is 5.97 Å². The van der Waals surface area contributed by atoms with Gasteiger partial charge in [0.2, 0.25) is 0 Å². The van der Waals surface area contributed by atoms with E-state index < -0.39 is 5.97 Å². The number of carboxylic acid groups (broad SMARTS) is 1. The molecule has 0 spiro atoms. The number of hydrogen-bond acceptors (Lipinski definition) is 3. The first-order chi connectivity index (χ1) is 7.72. The standard InChI is InChI=1S/C12H21NO3/c1-16-10-5-3-2-4-9(10)13-11(12(14)15)8-6-7-8/h8-11,13H,2-7H2,1H3,(H,14,15). The molecule has 0 amide bonds. The van der Waals surface area contributed by atoms with Crippen LogP contribution >= 0.6 is 0 Å². The summed E-state index contributed by atoms with van der Waals surface area (Å²) in [5, 5.41) is 12.5. The number of nitrogens with one attached hydrogen (secondary N) is 1. The maximum Gasteiger partial charge on any atom is 0.320 e. The van der Waals surface area contributed by atoms with Crippen LogP contribution in [0.3, 0.4) is 0 Å². The number of ether oxygens (including phenoxy) is 1. The molecule has 0 aromatic carbocycles. The normalized spacial score (nSPS) is 32.3. The largest absolute Gasteiger partial charge is 0.480 e. The summed E-state index contributed by atoms with van der Waals surface area (Å²) in [5.74, 6) is -0.361. The Hall–Kier alpha value is -0.610. The lowest BCUT2D eigenvalue weighted by atomic mass is 9.91. The van der Waals surface area contributed by atoms with E-state index in [2.05, 4.69) is 5.32 Å². The minimum absolute atomic E-state index is 0.189. The maximum absolute atomic E-state index is 11.1. The van der Waals surface area contributed by atoms with Crippen LogP contribution in [0.15, 0.2) is 0 Å². The lowest BCUT2D eigenvalue weighted by Crippen LogP contribution is -2.51. The molecule has 2 fully saturated rings. The van der Waals surface area contributed by atoms with Crippen molar-refractivity contribution in [1.82, 2.24) is 5.32 Å². The van der Waals surface area contributed by atoms with E-state index in [1.807, 2.05) is 0 Å². The molecular weight excluding hydrogens is 206 g/mol. The Morgan fingerprint density at radius 3 is 2.56 bits per heavy atom. The Labute approximate surface area is 96.4 Å². The highest BCUT2D eigenvalue weighted by Gasteiger charge is 2.39. The topological polar surface area (TPSA) is 58.6 Å². The van der Waals surface area contributed by atoms with E-state index in [0.717, 1.165) is 25.7 Å². The van der Waals surface area contributed by atoms with Crippen molar-refractivity contribution < 1.29 is 14.6 Å². The second-order valence-electron chi connectivity index (χ2n) is 4.99. The van der Waals surface area contributed by atoms with E-state index in [4.69, 9.17) is 9.84 Å². The van der Waals surface area contributed by atoms with E-state index in [9.17, 15) is 4.79 Å². The lowest BCUT2D eigenvalue weighted by molar-refractivity contribution is -0.140. The molecule has 2 N–H and O–H groups in total. The van der Waals surface area contributed by atoms with Gasteiger partial charge in [0.15, 0.2) is 0 Å². The maximum atomic E-state index is 11.1. The van der Waals surface area contributed by atoms with Crippen molar-refractivity contribution in [3.63, 3.8) is 0 Å². The van der Waals surface area contributed by atoms with Crippen LogP contribution in [0.1, 0.15) is 38.5 Å². The molecule has 0 aliphatic heterocycles. The van der Waals surface area contributed by atoms with E-state index in [1.165, 1.54) is 12.8 Å². The van der Waals surface area contributed by atoms with Crippen LogP contribution in [-0.4, -0.2) is 36.4 Å². The summed E-state index contributed by atoms with van der Waals surface area (Å²) < 4.78 is 5.43. The second kappa shape index (κ2) is 5.15. The molecule has 3 atom stereocenters. The smallest absolute Gasteiger partial charge is 0.320 e. The Morgan fingerprint density at radius 2 is 2.00 bits per heavy atom. The van der Waals surface area contributed by atoms with E-state index in [-0.39, 0.29) is 18.2 Å². The summed E-state index contributed by atoms with van der Waals surface area (Å²) in [6, 6.07) is -0.138. The first kappa shape index (κ1) is 11.9. The second-order valence-corrected chi connectivity index (χ2v) is 4.99. The fourth-order valence-corrected chi connectivity index (χ4v) is 2.64. The average molecular weight is 227 g/mol. The summed E-state index contributed by atoms with van der Waals surface area (Å²) in [4.78, 5) is 11.1. The van der Waals surface area contributed by atoms with Gasteiger partial charge < -0.3 is 9.84 Å². The molecule has 92 valence electrons. The Bertz CT molecular complexity index is 253. The number of carboxylic acids is 1. The SMILES string of the molecule is COC1CCCCC1NC(C(=O)O)C1CC1. The molecule has 3 unspecified atom stereocenters. The first-order valence-electron chi connectivity index (χ1n) is 6.24. The van der Waals surface area contributed by atoms with Crippen molar-refractivity contribution in [2.75, 3.05) is 7.11 Å². The van der Waals surface area contributed by atoms with Gasteiger partial charge in [-0.05, 0) is 31.6 Å². The predicted molar refractivity (Wildman–Crippen MR) is 60.3 cm³/mol. The summed E-state index contributed by atoms with van der Waals surface area (Å²) in [6.07, 6.45) is 6.74. The fraction of sp³-hybridized carbons (Fsp3) is 0.917. The predicted octanol–water partition coefficient (Wildman–Crippen LogP) is 1.40. The molecule has 2 aliphatic rings.